The molecule has 2 aromatic rings. The summed E-state index contributed by atoms with van der Waals surface area (Å²) in [6.45, 7) is 0. The van der Waals surface area contributed by atoms with Crippen LogP contribution in [0.25, 0.3) is 0 Å². The third-order valence-corrected chi connectivity index (χ3v) is 1.53. The van der Waals surface area contributed by atoms with Gasteiger partial charge >= 0.3 is 0 Å². The van der Waals surface area contributed by atoms with Crippen LogP contribution >= 0.6 is 0 Å². The quantitative estimate of drug-likeness (QED) is 0.662. The van der Waals surface area contributed by atoms with Crippen LogP contribution in [0.5, 0.6) is 0 Å². The van der Waals surface area contributed by atoms with Crippen LogP contribution in [0, 0.1) is 5.82 Å². The van der Waals surface area contributed by atoms with Crippen LogP contribution in [-0.2, 0) is 0 Å². The number of para-hydroxylation sites is 1. The first-order chi connectivity index (χ1) is 6.79. The Hall–Kier alpha value is -1.87. The fraction of sp³-hybridized carbons (Fsp3) is 0. The van der Waals surface area contributed by atoms with E-state index in [1.807, 2.05) is 30.3 Å². The highest BCUT2D eigenvalue weighted by molar-refractivity contribution is 5.35. The maximum Gasteiger partial charge on any atom is 0.123 e. The highest BCUT2D eigenvalue weighted by Gasteiger charge is 1.77. The number of nitrogen functional groups attached to an aromatic ring is 1. The molecule has 0 unspecified atom stereocenters. The molecule has 0 saturated heterocycles. The fourth-order valence-electron chi connectivity index (χ4n) is 0.868. The number of benzene rings is 2. The van der Waals surface area contributed by atoms with Crippen LogP contribution in [0.4, 0.5) is 10.1 Å². The van der Waals surface area contributed by atoms with E-state index in [-0.39, 0.29) is 11.3 Å². The number of hydrogen-bond acceptors (Lipinski definition) is 1. The van der Waals surface area contributed by atoms with Gasteiger partial charge in [0.2, 0.25) is 0 Å². The first-order valence-corrected chi connectivity index (χ1v) is 4.30. The smallest absolute Gasteiger partial charge is 0.123 e. The Morgan fingerprint density at radius 1 is 0.733 bits per heavy atom. The van der Waals surface area contributed by atoms with E-state index in [0.717, 1.165) is 5.69 Å². The first-order valence-electron chi connectivity index (χ1n) is 4.30. The fourth-order valence-corrected chi connectivity index (χ4v) is 0.868. The second-order valence-corrected chi connectivity index (χ2v) is 2.71. The third kappa shape index (κ3) is 6.23. The van der Waals surface area contributed by atoms with Crippen molar-refractivity contribution in [1.29, 1.82) is 0 Å². The minimum absolute atomic E-state index is 0. The lowest BCUT2D eigenvalue weighted by Crippen LogP contribution is -1.79. The van der Waals surface area contributed by atoms with Gasteiger partial charge in [0.15, 0.2) is 0 Å². The molecule has 0 saturated carbocycles. The van der Waals surface area contributed by atoms with Gasteiger partial charge in [-0.1, -0.05) is 36.4 Å². The van der Waals surface area contributed by atoms with Crippen LogP contribution in [-0.4, -0.2) is 5.48 Å². The largest absolute Gasteiger partial charge is 0.412 e. The Balaban J connectivity index is 0.000000245. The van der Waals surface area contributed by atoms with Gasteiger partial charge in [-0.2, -0.15) is 0 Å². The molecule has 2 rings (SSSR count). The Bertz CT molecular complexity index is 313. The molecule has 0 atom stereocenters. The van der Waals surface area contributed by atoms with E-state index in [1.165, 1.54) is 12.1 Å². The molecule has 80 valence electrons. The number of rotatable bonds is 0. The standard InChI is InChI=1S/C6H5F.C6H7N.H2O/c2*7-6-4-2-1-3-5-6;/h1-5H;1-5H,7H2;1H2. The van der Waals surface area contributed by atoms with Crippen molar-refractivity contribution < 1.29 is 9.87 Å². The average Bonchev–Trinajstić information content (AvgIpc) is 2.21. The normalized spacial score (nSPS) is 8.07. The van der Waals surface area contributed by atoms with Gasteiger partial charge in [0.25, 0.3) is 0 Å². The minimum Gasteiger partial charge on any atom is -0.412 e. The summed E-state index contributed by atoms with van der Waals surface area (Å²) in [5.41, 5.74) is 6.18. The molecule has 0 spiro atoms. The van der Waals surface area contributed by atoms with Crippen molar-refractivity contribution in [3.05, 3.63) is 66.5 Å². The highest BCUT2D eigenvalue weighted by Crippen LogP contribution is 1.95. The molecule has 2 aromatic carbocycles. The van der Waals surface area contributed by atoms with Crippen LogP contribution in [0.2, 0.25) is 0 Å². The Kier molecular flexibility index (Phi) is 6.59. The molecule has 0 radical (unpaired) electrons. The predicted octanol–water partition coefficient (Wildman–Crippen LogP) is 2.27. The molecule has 0 heterocycles. The molecule has 0 amide bonds. The maximum absolute atomic E-state index is 11.9. The van der Waals surface area contributed by atoms with Gasteiger partial charge in [-0.25, -0.2) is 4.39 Å². The molecule has 2 nitrogen and oxygen atoms in total. The van der Waals surface area contributed by atoms with Crippen LogP contribution < -0.4 is 5.73 Å². The van der Waals surface area contributed by atoms with E-state index in [0.29, 0.717) is 0 Å². The zero-order chi connectivity index (χ0) is 10.2. The molecule has 15 heavy (non-hydrogen) atoms. The molecule has 0 aromatic heterocycles. The lowest BCUT2D eigenvalue weighted by atomic mass is 10.3. The summed E-state index contributed by atoms with van der Waals surface area (Å²) in [4.78, 5) is 0. The van der Waals surface area contributed by atoms with Gasteiger partial charge in [0.05, 0.1) is 0 Å². The topological polar surface area (TPSA) is 57.5 Å². The lowest BCUT2D eigenvalue weighted by molar-refractivity contribution is 0.628. The van der Waals surface area contributed by atoms with Crippen LogP contribution in [0.1, 0.15) is 0 Å². The van der Waals surface area contributed by atoms with Gasteiger partial charge in [-0.15, -0.1) is 0 Å². The van der Waals surface area contributed by atoms with E-state index < -0.39 is 0 Å². The van der Waals surface area contributed by atoms with E-state index in [4.69, 9.17) is 5.73 Å². The number of nitrogens with two attached hydrogens (primary N) is 1. The summed E-state index contributed by atoms with van der Waals surface area (Å²) in [5, 5.41) is 0. The number of hydrogen-bond donors (Lipinski definition) is 1. The SMILES string of the molecule is Fc1ccccc1.Nc1ccccc1.O. The summed E-state index contributed by atoms with van der Waals surface area (Å²) in [7, 11) is 0. The monoisotopic (exact) mass is 207 g/mol. The molecule has 0 bridgehead atoms. The average molecular weight is 207 g/mol. The Labute approximate surface area is 88.5 Å². The summed E-state index contributed by atoms with van der Waals surface area (Å²) >= 11 is 0. The van der Waals surface area contributed by atoms with Crippen molar-refractivity contribution in [2.45, 2.75) is 0 Å². The van der Waals surface area contributed by atoms with Crippen molar-refractivity contribution in [2.24, 2.45) is 0 Å². The molecular formula is C12H14FNO. The van der Waals surface area contributed by atoms with Crippen molar-refractivity contribution in [1.82, 2.24) is 0 Å². The second-order valence-electron chi connectivity index (χ2n) is 2.71. The van der Waals surface area contributed by atoms with Gasteiger partial charge < -0.3 is 11.2 Å². The minimum atomic E-state index is -0.178. The van der Waals surface area contributed by atoms with Crippen molar-refractivity contribution in [3.63, 3.8) is 0 Å². The van der Waals surface area contributed by atoms with E-state index >= 15 is 0 Å². The van der Waals surface area contributed by atoms with Crippen molar-refractivity contribution in [3.8, 4) is 0 Å². The summed E-state index contributed by atoms with van der Waals surface area (Å²) in [6.07, 6.45) is 0. The van der Waals surface area contributed by atoms with Crippen LogP contribution in [0.15, 0.2) is 60.7 Å². The molecule has 0 aliphatic carbocycles. The van der Waals surface area contributed by atoms with Gasteiger partial charge in [-0.05, 0) is 24.3 Å². The maximum atomic E-state index is 11.9. The lowest BCUT2D eigenvalue weighted by Gasteiger charge is -1.83. The van der Waals surface area contributed by atoms with Crippen LogP contribution in [0.3, 0.4) is 0 Å². The number of anilines is 1. The molecule has 3 heteroatoms. The van der Waals surface area contributed by atoms with Gasteiger partial charge in [0, 0.05) is 5.69 Å². The molecular weight excluding hydrogens is 193 g/mol. The van der Waals surface area contributed by atoms with E-state index in [2.05, 4.69) is 0 Å². The third-order valence-electron chi connectivity index (χ3n) is 1.53. The Morgan fingerprint density at radius 3 is 1.33 bits per heavy atom. The molecule has 0 fully saturated rings. The molecule has 0 aliphatic heterocycles. The second kappa shape index (κ2) is 7.53. The summed E-state index contributed by atoms with van der Waals surface area (Å²) < 4.78 is 11.9. The zero-order valence-electron chi connectivity index (χ0n) is 8.23. The van der Waals surface area contributed by atoms with E-state index in [9.17, 15) is 4.39 Å². The molecule has 0 aliphatic rings. The Morgan fingerprint density at radius 2 is 1.13 bits per heavy atom. The number of halogens is 1. The zero-order valence-corrected chi connectivity index (χ0v) is 8.23. The predicted molar refractivity (Wildman–Crippen MR) is 60.9 cm³/mol. The van der Waals surface area contributed by atoms with Gasteiger partial charge in [0.1, 0.15) is 5.82 Å². The molecule has 4 N–H and O–H groups in total. The highest BCUT2D eigenvalue weighted by atomic mass is 19.1. The van der Waals surface area contributed by atoms with Crippen molar-refractivity contribution >= 4 is 5.69 Å². The first kappa shape index (κ1) is 13.1. The summed E-state index contributed by atoms with van der Waals surface area (Å²) in [6, 6.07) is 17.4. The van der Waals surface area contributed by atoms with E-state index in [1.54, 1.807) is 18.2 Å². The van der Waals surface area contributed by atoms with Gasteiger partial charge in [-0.3, -0.25) is 0 Å². The summed E-state index contributed by atoms with van der Waals surface area (Å²) in [5.74, 6) is -0.178. The van der Waals surface area contributed by atoms with Crippen molar-refractivity contribution in [2.75, 3.05) is 5.73 Å².